The van der Waals surface area contributed by atoms with Crippen LogP contribution < -0.4 is 10.6 Å². The van der Waals surface area contributed by atoms with Gasteiger partial charge in [-0.15, -0.1) is 24.0 Å². The molecule has 2 rings (SSSR count). The van der Waals surface area contributed by atoms with Gasteiger partial charge in [-0.25, -0.2) is 4.99 Å². The van der Waals surface area contributed by atoms with Gasteiger partial charge in [0, 0.05) is 44.0 Å². The van der Waals surface area contributed by atoms with Crippen LogP contribution in [0, 0.1) is 0 Å². The van der Waals surface area contributed by atoms with Crippen LogP contribution in [0.15, 0.2) is 53.7 Å². The Morgan fingerprint density at radius 3 is 2.43 bits per heavy atom. The lowest BCUT2D eigenvalue weighted by Crippen LogP contribution is -2.38. The second kappa shape index (κ2) is 13.5. The van der Waals surface area contributed by atoms with Crippen molar-refractivity contribution in [1.29, 1.82) is 0 Å². The average molecular weight is 495 g/mol. The molecule has 5 nitrogen and oxygen atoms in total. The van der Waals surface area contributed by atoms with Gasteiger partial charge in [0.05, 0.1) is 6.54 Å². The van der Waals surface area contributed by atoms with Crippen LogP contribution in [0.5, 0.6) is 0 Å². The molecule has 1 aromatic heterocycles. The van der Waals surface area contributed by atoms with Crippen molar-refractivity contribution < 1.29 is 0 Å². The lowest BCUT2D eigenvalue weighted by molar-refractivity contribution is 0.265. The zero-order valence-electron chi connectivity index (χ0n) is 17.5. The van der Waals surface area contributed by atoms with E-state index in [2.05, 4.69) is 72.6 Å². The number of pyridine rings is 1. The van der Waals surface area contributed by atoms with Gasteiger partial charge < -0.3 is 10.6 Å². The first kappa shape index (κ1) is 24.4. The molecule has 2 aromatic rings. The summed E-state index contributed by atoms with van der Waals surface area (Å²) in [4.78, 5) is 11.5. The molecule has 6 heteroatoms. The molecule has 0 aliphatic carbocycles. The first-order valence-electron chi connectivity index (χ1n) is 9.79. The van der Waals surface area contributed by atoms with E-state index in [0.29, 0.717) is 12.6 Å². The van der Waals surface area contributed by atoms with E-state index in [9.17, 15) is 0 Å². The van der Waals surface area contributed by atoms with Crippen molar-refractivity contribution in [3.05, 3.63) is 65.5 Å². The van der Waals surface area contributed by atoms with Gasteiger partial charge in [0.1, 0.15) is 0 Å². The third kappa shape index (κ3) is 8.56. The molecule has 0 unspecified atom stereocenters. The lowest BCUT2D eigenvalue weighted by atomic mass is 10.1. The van der Waals surface area contributed by atoms with Crippen LogP contribution in [0.1, 0.15) is 37.6 Å². The standard InChI is InChI=1S/C22H33N5.HI/c1-5-23-22(25-15-13-21-12-8-9-14-24-21)26-16-19-10-6-7-11-20(19)17-27(4)18(2)3;/h6-12,14,18H,5,13,15-17H2,1-4H3,(H2,23,25,26);1H. The number of nitrogens with zero attached hydrogens (tertiary/aromatic N) is 3. The van der Waals surface area contributed by atoms with Crippen LogP contribution in [0.3, 0.4) is 0 Å². The minimum Gasteiger partial charge on any atom is -0.357 e. The van der Waals surface area contributed by atoms with Crippen molar-refractivity contribution in [3.63, 3.8) is 0 Å². The summed E-state index contributed by atoms with van der Waals surface area (Å²) in [6.07, 6.45) is 2.71. The molecule has 28 heavy (non-hydrogen) atoms. The molecule has 154 valence electrons. The summed E-state index contributed by atoms with van der Waals surface area (Å²) in [6, 6.07) is 15.1. The van der Waals surface area contributed by atoms with E-state index >= 15 is 0 Å². The van der Waals surface area contributed by atoms with Gasteiger partial charge in [-0.05, 0) is 51.1 Å². The van der Waals surface area contributed by atoms with Gasteiger partial charge in [0.2, 0.25) is 0 Å². The smallest absolute Gasteiger partial charge is 0.191 e. The summed E-state index contributed by atoms with van der Waals surface area (Å²) in [6.45, 7) is 9.77. The maximum absolute atomic E-state index is 4.78. The van der Waals surface area contributed by atoms with Crippen LogP contribution in [0.2, 0.25) is 0 Å². The molecule has 0 radical (unpaired) electrons. The summed E-state index contributed by atoms with van der Waals surface area (Å²) in [5.41, 5.74) is 3.69. The van der Waals surface area contributed by atoms with Gasteiger partial charge in [0.25, 0.3) is 0 Å². The second-order valence-electron chi connectivity index (χ2n) is 6.97. The average Bonchev–Trinajstić information content (AvgIpc) is 2.68. The number of halogens is 1. The topological polar surface area (TPSA) is 52.6 Å². The lowest BCUT2D eigenvalue weighted by Gasteiger charge is -2.22. The van der Waals surface area contributed by atoms with Gasteiger partial charge >= 0.3 is 0 Å². The van der Waals surface area contributed by atoms with Gasteiger partial charge in [-0.2, -0.15) is 0 Å². The van der Waals surface area contributed by atoms with Crippen LogP contribution >= 0.6 is 24.0 Å². The first-order chi connectivity index (χ1) is 13.1. The van der Waals surface area contributed by atoms with Crippen LogP contribution in [-0.4, -0.2) is 42.0 Å². The van der Waals surface area contributed by atoms with Gasteiger partial charge in [-0.3, -0.25) is 9.88 Å². The summed E-state index contributed by atoms with van der Waals surface area (Å²) >= 11 is 0. The Kier molecular flexibility index (Phi) is 11.7. The Hall–Kier alpha value is -1.67. The van der Waals surface area contributed by atoms with Gasteiger partial charge in [0.15, 0.2) is 5.96 Å². The Bertz CT molecular complexity index is 703. The van der Waals surface area contributed by atoms with Crippen LogP contribution in [-0.2, 0) is 19.5 Å². The van der Waals surface area contributed by atoms with E-state index in [1.54, 1.807) is 0 Å². The molecule has 1 heterocycles. The highest BCUT2D eigenvalue weighted by Gasteiger charge is 2.08. The monoisotopic (exact) mass is 495 g/mol. The maximum atomic E-state index is 4.78. The van der Waals surface area contributed by atoms with E-state index in [1.807, 2.05) is 24.4 Å². The highest BCUT2D eigenvalue weighted by atomic mass is 127. The Morgan fingerprint density at radius 2 is 1.79 bits per heavy atom. The molecule has 0 spiro atoms. The molecule has 0 aliphatic rings. The number of hydrogen-bond donors (Lipinski definition) is 2. The predicted molar refractivity (Wildman–Crippen MR) is 129 cm³/mol. The molecule has 0 saturated carbocycles. The quantitative estimate of drug-likeness (QED) is 0.316. The predicted octanol–water partition coefficient (Wildman–Crippen LogP) is 3.84. The molecule has 2 N–H and O–H groups in total. The number of hydrogen-bond acceptors (Lipinski definition) is 3. The van der Waals surface area contributed by atoms with Crippen molar-refractivity contribution in [2.45, 2.75) is 46.3 Å². The van der Waals surface area contributed by atoms with Crippen molar-refractivity contribution in [2.75, 3.05) is 20.1 Å². The second-order valence-corrected chi connectivity index (χ2v) is 6.97. The number of rotatable bonds is 9. The van der Waals surface area contributed by atoms with E-state index in [0.717, 1.165) is 37.7 Å². The molecule has 0 atom stereocenters. The minimum absolute atomic E-state index is 0. The summed E-state index contributed by atoms with van der Waals surface area (Å²) in [5.74, 6) is 0.848. The third-order valence-corrected chi connectivity index (χ3v) is 4.57. The number of aliphatic imine (C=N–C) groups is 1. The molecule has 0 bridgehead atoms. The van der Waals surface area contributed by atoms with Crippen molar-refractivity contribution >= 4 is 29.9 Å². The Morgan fingerprint density at radius 1 is 1.07 bits per heavy atom. The highest BCUT2D eigenvalue weighted by Crippen LogP contribution is 2.13. The third-order valence-electron chi connectivity index (χ3n) is 4.57. The van der Waals surface area contributed by atoms with E-state index in [-0.39, 0.29) is 24.0 Å². The molecular weight excluding hydrogens is 461 g/mol. The Labute approximate surface area is 187 Å². The molecule has 0 amide bonds. The van der Waals surface area contributed by atoms with Gasteiger partial charge in [-0.1, -0.05) is 30.3 Å². The molecule has 0 fully saturated rings. The fourth-order valence-corrected chi connectivity index (χ4v) is 2.68. The Balaban J connectivity index is 0.00000392. The van der Waals surface area contributed by atoms with E-state index in [1.165, 1.54) is 11.1 Å². The SMILES string of the molecule is CCNC(=NCc1ccccc1CN(C)C(C)C)NCCc1ccccn1.I. The number of guanidine groups is 1. The highest BCUT2D eigenvalue weighted by molar-refractivity contribution is 14.0. The minimum atomic E-state index is 0. The van der Waals surface area contributed by atoms with Crippen LogP contribution in [0.25, 0.3) is 0 Å². The molecule has 1 aromatic carbocycles. The molecular formula is C22H34IN5. The van der Waals surface area contributed by atoms with Crippen molar-refractivity contribution in [1.82, 2.24) is 20.5 Å². The zero-order chi connectivity index (χ0) is 19.5. The summed E-state index contributed by atoms with van der Waals surface area (Å²) in [5, 5.41) is 6.73. The fourth-order valence-electron chi connectivity index (χ4n) is 2.68. The molecule has 0 saturated heterocycles. The van der Waals surface area contributed by atoms with E-state index < -0.39 is 0 Å². The zero-order valence-corrected chi connectivity index (χ0v) is 19.8. The largest absolute Gasteiger partial charge is 0.357 e. The van der Waals surface area contributed by atoms with Crippen molar-refractivity contribution in [3.8, 4) is 0 Å². The summed E-state index contributed by atoms with van der Waals surface area (Å²) < 4.78 is 0. The van der Waals surface area contributed by atoms with Crippen molar-refractivity contribution in [2.24, 2.45) is 4.99 Å². The first-order valence-corrected chi connectivity index (χ1v) is 9.79. The van der Waals surface area contributed by atoms with E-state index in [4.69, 9.17) is 4.99 Å². The fraction of sp³-hybridized carbons (Fsp3) is 0.455. The maximum Gasteiger partial charge on any atom is 0.191 e. The van der Waals surface area contributed by atoms with Crippen LogP contribution in [0.4, 0.5) is 0 Å². The number of benzene rings is 1. The normalized spacial score (nSPS) is 11.4. The summed E-state index contributed by atoms with van der Waals surface area (Å²) in [7, 11) is 2.16. The number of nitrogens with one attached hydrogen (secondary N) is 2. The molecule has 0 aliphatic heterocycles. The number of aromatic nitrogens is 1.